The summed E-state index contributed by atoms with van der Waals surface area (Å²) in [5.41, 5.74) is -0.168. The molecule has 0 aliphatic carbocycles. The van der Waals surface area contributed by atoms with E-state index in [1.165, 1.54) is 12.3 Å². The fourth-order valence-corrected chi connectivity index (χ4v) is 2.38. The number of aromatic nitrogens is 1. The molecule has 0 radical (unpaired) electrons. The summed E-state index contributed by atoms with van der Waals surface area (Å²) >= 11 is 3.30. The van der Waals surface area contributed by atoms with Gasteiger partial charge in [-0.15, -0.1) is 0 Å². The van der Waals surface area contributed by atoms with E-state index in [0.29, 0.717) is 10.3 Å². The highest BCUT2D eigenvalue weighted by Gasteiger charge is 2.40. The van der Waals surface area contributed by atoms with Gasteiger partial charge in [-0.1, -0.05) is 0 Å². The largest absolute Gasteiger partial charge is 0.375 e. The number of anilines is 1. The minimum Gasteiger partial charge on any atom is -0.375 e. The monoisotopic (exact) mass is 301 g/mol. The van der Waals surface area contributed by atoms with Crippen LogP contribution in [-0.4, -0.2) is 35.7 Å². The minimum absolute atomic E-state index is 0.0179. The molecule has 0 spiro atoms. The highest BCUT2D eigenvalue weighted by Crippen LogP contribution is 2.34. The van der Waals surface area contributed by atoms with Gasteiger partial charge in [0.15, 0.2) is 0 Å². The average molecular weight is 302 g/mol. The third-order valence-corrected chi connectivity index (χ3v) is 3.44. The number of halogens is 1. The normalized spacial score (nSPS) is 17.7. The summed E-state index contributed by atoms with van der Waals surface area (Å²) in [6.45, 7) is 3.47. The molecule has 17 heavy (non-hydrogen) atoms. The first-order valence-electron chi connectivity index (χ1n) is 5.05. The quantitative estimate of drug-likeness (QED) is 0.631. The Hall–Kier alpha value is -1.21. The number of hydrogen-bond acceptors (Lipinski definition) is 5. The van der Waals surface area contributed by atoms with Crippen LogP contribution in [0.1, 0.15) is 6.92 Å². The van der Waals surface area contributed by atoms with E-state index in [2.05, 4.69) is 20.9 Å². The molecule has 1 aliphatic heterocycles. The second kappa shape index (κ2) is 4.23. The number of nitro groups is 1. The van der Waals surface area contributed by atoms with Crippen molar-refractivity contribution in [1.29, 1.82) is 0 Å². The van der Waals surface area contributed by atoms with Crippen molar-refractivity contribution in [3.63, 3.8) is 0 Å². The fourth-order valence-electron chi connectivity index (χ4n) is 1.79. The van der Waals surface area contributed by atoms with Crippen molar-refractivity contribution in [2.24, 2.45) is 0 Å². The van der Waals surface area contributed by atoms with Gasteiger partial charge in [-0.25, -0.2) is 4.98 Å². The summed E-state index contributed by atoms with van der Waals surface area (Å²) in [6.07, 6.45) is 1.27. The standard InChI is InChI=1S/C10H12BrN3O3/c1-10(17-2)5-13(6-10)9-8(11)3-7(4-12-9)14(15)16/h3-4H,5-6H2,1-2H3. The zero-order valence-electron chi connectivity index (χ0n) is 9.51. The predicted octanol–water partition coefficient (Wildman–Crippen LogP) is 1.98. The molecule has 1 aliphatic rings. The Kier molecular flexibility index (Phi) is 3.05. The molecule has 0 unspecified atom stereocenters. The summed E-state index contributed by atoms with van der Waals surface area (Å²) < 4.78 is 5.96. The summed E-state index contributed by atoms with van der Waals surface area (Å²) in [5.74, 6) is 0.713. The maximum atomic E-state index is 10.6. The van der Waals surface area contributed by atoms with Gasteiger partial charge in [-0.05, 0) is 22.9 Å². The predicted molar refractivity (Wildman–Crippen MR) is 66.2 cm³/mol. The number of nitrogens with zero attached hydrogens (tertiary/aromatic N) is 3. The molecule has 0 N–H and O–H groups in total. The lowest BCUT2D eigenvalue weighted by atomic mass is 9.96. The molecule has 1 aromatic heterocycles. The molecule has 0 atom stereocenters. The van der Waals surface area contributed by atoms with E-state index in [4.69, 9.17) is 4.74 Å². The Bertz CT molecular complexity index is 460. The zero-order valence-corrected chi connectivity index (χ0v) is 11.1. The van der Waals surface area contributed by atoms with Gasteiger partial charge < -0.3 is 9.64 Å². The maximum absolute atomic E-state index is 10.6. The zero-order chi connectivity index (χ0) is 12.6. The van der Waals surface area contributed by atoms with Crippen molar-refractivity contribution in [1.82, 2.24) is 4.98 Å². The summed E-state index contributed by atoms with van der Waals surface area (Å²) in [4.78, 5) is 16.2. The van der Waals surface area contributed by atoms with Crippen molar-refractivity contribution < 1.29 is 9.66 Å². The third-order valence-electron chi connectivity index (χ3n) is 2.86. The lowest BCUT2D eigenvalue weighted by Crippen LogP contribution is -2.61. The van der Waals surface area contributed by atoms with Crippen LogP contribution in [0.2, 0.25) is 0 Å². The molecule has 0 amide bonds. The molecular weight excluding hydrogens is 290 g/mol. The van der Waals surface area contributed by atoms with Crippen molar-refractivity contribution in [3.05, 3.63) is 26.9 Å². The average Bonchev–Trinajstić information content (AvgIpc) is 2.25. The van der Waals surface area contributed by atoms with Gasteiger partial charge in [0.05, 0.1) is 15.0 Å². The van der Waals surface area contributed by atoms with Crippen molar-refractivity contribution in [2.75, 3.05) is 25.1 Å². The molecule has 1 fully saturated rings. The number of pyridine rings is 1. The van der Waals surface area contributed by atoms with Crippen molar-refractivity contribution >= 4 is 27.4 Å². The van der Waals surface area contributed by atoms with Gasteiger partial charge in [-0.2, -0.15) is 0 Å². The summed E-state index contributed by atoms with van der Waals surface area (Å²) in [7, 11) is 1.68. The van der Waals surface area contributed by atoms with Crippen LogP contribution in [0.3, 0.4) is 0 Å². The smallest absolute Gasteiger partial charge is 0.288 e. The van der Waals surface area contributed by atoms with Crippen LogP contribution in [-0.2, 0) is 4.74 Å². The highest BCUT2D eigenvalue weighted by molar-refractivity contribution is 9.10. The molecule has 1 saturated heterocycles. The van der Waals surface area contributed by atoms with E-state index in [9.17, 15) is 10.1 Å². The molecule has 6 nitrogen and oxygen atoms in total. The molecule has 0 bridgehead atoms. The van der Waals surface area contributed by atoms with E-state index >= 15 is 0 Å². The number of methoxy groups -OCH3 is 1. The molecule has 0 saturated carbocycles. The van der Waals surface area contributed by atoms with E-state index < -0.39 is 4.92 Å². The van der Waals surface area contributed by atoms with E-state index in [1.54, 1.807) is 7.11 Å². The number of hydrogen-bond donors (Lipinski definition) is 0. The molecule has 92 valence electrons. The van der Waals surface area contributed by atoms with Crippen LogP contribution in [0.5, 0.6) is 0 Å². The van der Waals surface area contributed by atoms with Gasteiger partial charge in [-0.3, -0.25) is 10.1 Å². The Morgan fingerprint density at radius 2 is 2.29 bits per heavy atom. The third kappa shape index (κ3) is 2.25. The SMILES string of the molecule is COC1(C)CN(c2ncc([N+](=O)[O-])cc2Br)C1. The van der Waals surface area contributed by atoms with Gasteiger partial charge in [0.25, 0.3) is 5.69 Å². The van der Waals surface area contributed by atoms with Crippen molar-refractivity contribution in [3.8, 4) is 0 Å². The van der Waals surface area contributed by atoms with Crippen LogP contribution in [0.15, 0.2) is 16.7 Å². The summed E-state index contributed by atoms with van der Waals surface area (Å²) in [5, 5.41) is 10.6. The molecule has 7 heteroatoms. The second-order valence-corrected chi connectivity index (χ2v) is 5.12. The molecule has 2 heterocycles. The van der Waals surface area contributed by atoms with Crippen LogP contribution in [0.4, 0.5) is 11.5 Å². The number of ether oxygens (including phenoxy) is 1. The van der Waals surface area contributed by atoms with Crippen LogP contribution in [0, 0.1) is 10.1 Å². The van der Waals surface area contributed by atoms with Crippen molar-refractivity contribution in [2.45, 2.75) is 12.5 Å². The van der Waals surface area contributed by atoms with E-state index in [1.807, 2.05) is 11.8 Å². The Balaban J connectivity index is 2.17. The lowest BCUT2D eigenvalue weighted by molar-refractivity contribution is -0.385. The first-order valence-corrected chi connectivity index (χ1v) is 5.84. The Morgan fingerprint density at radius 3 is 2.76 bits per heavy atom. The van der Waals surface area contributed by atoms with E-state index in [-0.39, 0.29) is 11.3 Å². The number of rotatable bonds is 3. The lowest BCUT2D eigenvalue weighted by Gasteiger charge is -2.47. The van der Waals surface area contributed by atoms with Gasteiger partial charge in [0, 0.05) is 26.3 Å². The fraction of sp³-hybridized carbons (Fsp3) is 0.500. The summed E-state index contributed by atoms with van der Waals surface area (Å²) in [6, 6.07) is 1.46. The van der Waals surface area contributed by atoms with Gasteiger partial charge >= 0.3 is 0 Å². The van der Waals surface area contributed by atoms with Crippen LogP contribution < -0.4 is 4.90 Å². The van der Waals surface area contributed by atoms with Gasteiger partial charge in [0.2, 0.25) is 0 Å². The maximum Gasteiger partial charge on any atom is 0.288 e. The molecule has 2 rings (SSSR count). The van der Waals surface area contributed by atoms with Crippen LogP contribution in [0.25, 0.3) is 0 Å². The first kappa shape index (κ1) is 12.3. The highest BCUT2D eigenvalue weighted by atomic mass is 79.9. The Morgan fingerprint density at radius 1 is 1.65 bits per heavy atom. The first-order chi connectivity index (χ1) is 7.95. The topological polar surface area (TPSA) is 68.5 Å². The molecule has 0 aromatic carbocycles. The van der Waals surface area contributed by atoms with Gasteiger partial charge in [0.1, 0.15) is 12.0 Å². The van der Waals surface area contributed by atoms with Crippen LogP contribution >= 0.6 is 15.9 Å². The Labute approximate surface area is 107 Å². The second-order valence-electron chi connectivity index (χ2n) is 4.27. The van der Waals surface area contributed by atoms with E-state index in [0.717, 1.165) is 13.1 Å². The minimum atomic E-state index is -0.461. The molecule has 1 aromatic rings. The molecular formula is C10H12BrN3O3.